The second kappa shape index (κ2) is 23.9. The van der Waals surface area contributed by atoms with Gasteiger partial charge in [0.25, 0.3) is 0 Å². The Balaban J connectivity index is 1.06. The maximum Gasteiger partial charge on any atom is 0.248 e. The predicted octanol–water partition coefficient (Wildman–Crippen LogP) is 2.36. The van der Waals surface area contributed by atoms with Gasteiger partial charge in [-0.25, -0.2) is 0 Å². The summed E-state index contributed by atoms with van der Waals surface area (Å²) in [5, 5.41) is 17.9. The van der Waals surface area contributed by atoms with Crippen molar-refractivity contribution in [2.24, 2.45) is 0 Å². The minimum absolute atomic E-state index is 0.111. The molecule has 2 fully saturated rings. The van der Waals surface area contributed by atoms with E-state index in [1.807, 2.05) is 24.3 Å². The maximum absolute atomic E-state index is 14.3. The van der Waals surface area contributed by atoms with Crippen molar-refractivity contribution < 1.29 is 38.2 Å². The number of rotatable bonds is 18. The highest BCUT2D eigenvalue weighted by atomic mass is 16.5. The number of carbonyl (C=O) groups is 6. The molecule has 6 rings (SSSR count). The van der Waals surface area contributed by atoms with E-state index in [1.165, 1.54) is 11.1 Å². The summed E-state index contributed by atoms with van der Waals surface area (Å²) in [5.41, 5.74) is 4.67. The van der Waals surface area contributed by atoms with E-state index in [0.717, 1.165) is 49.7 Å². The largest absolute Gasteiger partial charge is 0.363 e. The van der Waals surface area contributed by atoms with Crippen molar-refractivity contribution >= 4 is 35.4 Å². The number of aryl methyl sites for hydroxylation is 2. The minimum Gasteiger partial charge on any atom is -0.363 e. The van der Waals surface area contributed by atoms with Gasteiger partial charge >= 0.3 is 0 Å². The lowest BCUT2D eigenvalue weighted by Crippen LogP contribution is -2.59. The fourth-order valence-corrected chi connectivity index (χ4v) is 9.53. The van der Waals surface area contributed by atoms with Gasteiger partial charge in [-0.1, -0.05) is 60.4 Å². The van der Waals surface area contributed by atoms with Gasteiger partial charge in [-0.2, -0.15) is 0 Å². The fourth-order valence-electron chi connectivity index (χ4n) is 9.53. The topological polar surface area (TPSA) is 200 Å². The van der Waals surface area contributed by atoms with Crippen molar-refractivity contribution in [3.8, 4) is 11.8 Å². The first kappa shape index (κ1) is 50.1. The third-order valence-corrected chi connectivity index (χ3v) is 13.7. The Morgan fingerprint density at radius 2 is 0.985 bits per heavy atom. The van der Waals surface area contributed by atoms with Crippen LogP contribution >= 0.6 is 0 Å². The Bertz CT molecular complexity index is 1960. The van der Waals surface area contributed by atoms with E-state index in [0.29, 0.717) is 38.8 Å². The molecule has 0 bridgehead atoms. The Hall–Kier alpha value is -5.34. The van der Waals surface area contributed by atoms with Crippen LogP contribution in [0.5, 0.6) is 0 Å². The molecule has 6 N–H and O–H groups in total. The highest BCUT2D eigenvalue weighted by molar-refractivity contribution is 5.95. The number of fused-ring (bicyclic) bond motifs is 2. The fraction of sp³-hybridized carbons (Fsp3) is 0.600. The quantitative estimate of drug-likeness (QED) is 0.121. The summed E-state index contributed by atoms with van der Waals surface area (Å²) >= 11 is 0. The van der Waals surface area contributed by atoms with Crippen LogP contribution in [0.1, 0.15) is 113 Å². The molecule has 16 nitrogen and oxygen atoms in total. The number of likely N-dealkylation sites (N-methyl/N-ethyl adjacent to an activating group) is 2. The standard InChI is InChI=1S/C50H70N8O8/c1-31(51-5)45(59)55-43(49(63)57-27-15-25-41(57)47(61)53-39-23-13-19-35-17-7-9-21-37(35)39)33(3)65-29-11-12-30-66-34(4)44(56-46(60)32(2)52-6)50(64)58-28-16-26-42(58)48(62)54-40-24-14-20-36-18-8-10-22-38(36)40/h7-10,17-18,21-22,31-34,39-44,51-52H,13-16,19-20,23-30H2,1-6H3,(H,53,61)(H,54,62)(H,55,59)(H,56,60)/t31-,32-,33+,34+,39+,40?,41-,42-,43-,44-/m0/s1. The SMILES string of the molecule is CN[C@@H](C)C(=O)N[C@H](C(=O)N1CCC[C@H]1C(=O)NC1CCCc2ccccc21)[C@@H](C)OCC#CCO[C@H](C)[C@H](NC(=O)[C@H](C)NC)C(=O)N1CCC[C@H]1C(=O)N[C@@H]1CCCc2ccccc21. The Morgan fingerprint density at radius 1 is 0.591 bits per heavy atom. The highest BCUT2D eigenvalue weighted by Crippen LogP contribution is 2.32. The molecule has 2 heterocycles. The van der Waals surface area contributed by atoms with E-state index in [-0.39, 0.29) is 37.1 Å². The van der Waals surface area contributed by atoms with Crippen molar-refractivity contribution in [3.05, 3.63) is 70.8 Å². The third-order valence-electron chi connectivity index (χ3n) is 13.7. The molecule has 2 saturated heterocycles. The van der Waals surface area contributed by atoms with E-state index in [9.17, 15) is 28.8 Å². The molecular formula is C50H70N8O8. The highest BCUT2D eigenvalue weighted by Gasteiger charge is 2.43. The van der Waals surface area contributed by atoms with E-state index in [4.69, 9.17) is 9.47 Å². The van der Waals surface area contributed by atoms with Gasteiger partial charge in [0.1, 0.15) is 37.4 Å². The summed E-state index contributed by atoms with van der Waals surface area (Å²) in [4.78, 5) is 85.6. The Labute approximate surface area is 389 Å². The van der Waals surface area contributed by atoms with E-state index in [1.54, 1.807) is 51.6 Å². The molecule has 66 heavy (non-hydrogen) atoms. The molecule has 4 aliphatic rings. The molecule has 2 aromatic rings. The van der Waals surface area contributed by atoms with E-state index in [2.05, 4.69) is 68.0 Å². The van der Waals surface area contributed by atoms with Gasteiger partial charge in [0.2, 0.25) is 35.4 Å². The van der Waals surface area contributed by atoms with Crippen LogP contribution in [-0.2, 0) is 51.1 Å². The molecule has 0 radical (unpaired) electrons. The molecule has 0 spiro atoms. The van der Waals surface area contributed by atoms with Crippen molar-refractivity contribution in [2.45, 2.75) is 152 Å². The number of hydrogen-bond donors (Lipinski definition) is 6. The molecule has 6 amide bonds. The molecule has 2 aliphatic carbocycles. The number of amides is 6. The molecule has 1 unspecified atom stereocenters. The van der Waals surface area contributed by atoms with Crippen LogP contribution < -0.4 is 31.9 Å². The van der Waals surface area contributed by atoms with Crippen LogP contribution in [0.3, 0.4) is 0 Å². The smallest absolute Gasteiger partial charge is 0.248 e. The van der Waals surface area contributed by atoms with Gasteiger partial charge in [0, 0.05) is 13.1 Å². The number of nitrogens with zero attached hydrogens (tertiary/aromatic N) is 2. The first-order chi connectivity index (χ1) is 31.8. The van der Waals surface area contributed by atoms with Gasteiger partial charge in [0.15, 0.2) is 0 Å². The van der Waals surface area contributed by atoms with Gasteiger partial charge in [0.05, 0.1) is 36.4 Å². The lowest BCUT2D eigenvalue weighted by Gasteiger charge is -2.33. The van der Waals surface area contributed by atoms with Crippen LogP contribution in [0.25, 0.3) is 0 Å². The molecule has 0 saturated carbocycles. The molecule has 358 valence electrons. The first-order valence-electron chi connectivity index (χ1n) is 23.8. The van der Waals surface area contributed by atoms with Gasteiger partial charge in [-0.05, 0) is 128 Å². The molecule has 2 aromatic carbocycles. The van der Waals surface area contributed by atoms with Crippen LogP contribution in [0.4, 0.5) is 0 Å². The number of likely N-dealkylation sites (tertiary alicyclic amines) is 2. The Morgan fingerprint density at radius 3 is 1.38 bits per heavy atom. The second-order valence-corrected chi connectivity index (χ2v) is 18.1. The average Bonchev–Trinajstić information content (AvgIpc) is 4.04. The number of nitrogens with one attached hydrogen (secondary N) is 6. The average molecular weight is 911 g/mol. The molecule has 0 aromatic heterocycles. The summed E-state index contributed by atoms with van der Waals surface area (Å²) < 4.78 is 12.1. The van der Waals surface area contributed by atoms with Crippen LogP contribution in [0, 0.1) is 11.8 Å². The van der Waals surface area contributed by atoms with Crippen molar-refractivity contribution in [1.82, 2.24) is 41.7 Å². The third kappa shape index (κ3) is 12.4. The lowest BCUT2D eigenvalue weighted by atomic mass is 9.87. The van der Waals surface area contributed by atoms with Crippen molar-refractivity contribution in [2.75, 3.05) is 40.4 Å². The van der Waals surface area contributed by atoms with Crippen LogP contribution in [0.2, 0.25) is 0 Å². The number of carbonyl (C=O) groups excluding carboxylic acids is 6. The predicted molar refractivity (Wildman–Crippen MR) is 250 cm³/mol. The zero-order valence-electron chi connectivity index (χ0n) is 39.5. The number of hydrogen-bond acceptors (Lipinski definition) is 10. The van der Waals surface area contributed by atoms with Crippen LogP contribution in [-0.4, -0.2) is 134 Å². The minimum atomic E-state index is -1.10. The maximum atomic E-state index is 14.3. The normalized spacial score (nSPS) is 22.8. The summed E-state index contributed by atoms with van der Waals surface area (Å²) in [6.45, 7) is 7.25. The van der Waals surface area contributed by atoms with Gasteiger partial charge < -0.3 is 51.2 Å². The van der Waals surface area contributed by atoms with Crippen LogP contribution in [0.15, 0.2) is 48.5 Å². The van der Waals surface area contributed by atoms with E-state index < -0.39 is 72.1 Å². The monoisotopic (exact) mass is 911 g/mol. The molecular weight excluding hydrogens is 841 g/mol. The van der Waals surface area contributed by atoms with Crippen molar-refractivity contribution in [3.63, 3.8) is 0 Å². The zero-order valence-corrected chi connectivity index (χ0v) is 39.5. The Kier molecular flexibility index (Phi) is 18.1. The zero-order chi connectivity index (χ0) is 47.3. The second-order valence-electron chi connectivity index (χ2n) is 18.1. The first-order valence-corrected chi connectivity index (χ1v) is 23.8. The molecule has 10 atom stereocenters. The molecule has 2 aliphatic heterocycles. The number of benzene rings is 2. The summed E-state index contributed by atoms with van der Waals surface area (Å²) in [6, 6.07) is 11.2. The van der Waals surface area contributed by atoms with Crippen molar-refractivity contribution in [1.29, 1.82) is 0 Å². The molecule has 16 heteroatoms. The summed E-state index contributed by atoms with van der Waals surface area (Å²) in [5.74, 6) is 3.78. The van der Waals surface area contributed by atoms with E-state index >= 15 is 0 Å². The van der Waals surface area contributed by atoms with Gasteiger partial charge in [-0.15, -0.1) is 0 Å². The summed E-state index contributed by atoms with van der Waals surface area (Å²) in [6.07, 6.45) is 6.16. The summed E-state index contributed by atoms with van der Waals surface area (Å²) in [7, 11) is 3.30. The van der Waals surface area contributed by atoms with Gasteiger partial charge in [-0.3, -0.25) is 28.8 Å². The number of ether oxygens (including phenoxy) is 2. The lowest BCUT2D eigenvalue weighted by molar-refractivity contribution is -0.145.